The van der Waals surface area contributed by atoms with E-state index in [0.717, 1.165) is 4.90 Å². The van der Waals surface area contributed by atoms with Crippen LogP contribution in [0.3, 0.4) is 0 Å². The molecule has 4 nitrogen and oxygen atoms in total. The van der Waals surface area contributed by atoms with Crippen LogP contribution in [0.5, 0.6) is 0 Å². The minimum atomic E-state index is -0.886. The molecule has 90 valence electrons. The van der Waals surface area contributed by atoms with Gasteiger partial charge < -0.3 is 10.4 Å². The summed E-state index contributed by atoms with van der Waals surface area (Å²) >= 11 is 1.63. The number of rotatable bonds is 4. The number of nitrogens with one attached hydrogen (secondary N) is 1. The third-order valence-electron chi connectivity index (χ3n) is 2.80. The summed E-state index contributed by atoms with van der Waals surface area (Å²) in [7, 11) is 0. The smallest absolute Gasteiger partial charge is 0.307 e. The van der Waals surface area contributed by atoms with Crippen LogP contribution in [0.4, 0.5) is 5.69 Å². The second kappa shape index (κ2) is 4.79. The molecular formula is C12H13NO3S. The zero-order chi connectivity index (χ0) is 12.4. The molecule has 1 fully saturated rings. The van der Waals surface area contributed by atoms with Gasteiger partial charge in [-0.25, -0.2) is 0 Å². The van der Waals surface area contributed by atoms with Crippen molar-refractivity contribution in [2.24, 2.45) is 11.8 Å². The molecule has 0 heterocycles. The summed E-state index contributed by atoms with van der Waals surface area (Å²) < 4.78 is 0. The Morgan fingerprint density at radius 1 is 1.29 bits per heavy atom. The van der Waals surface area contributed by atoms with E-state index in [9.17, 15) is 9.59 Å². The van der Waals surface area contributed by atoms with Crippen LogP contribution in [0.1, 0.15) is 6.42 Å². The van der Waals surface area contributed by atoms with Crippen LogP contribution >= 0.6 is 11.8 Å². The fraction of sp³-hybridized carbons (Fsp3) is 0.333. The Labute approximate surface area is 103 Å². The summed E-state index contributed by atoms with van der Waals surface area (Å²) in [6.07, 6.45) is 2.43. The van der Waals surface area contributed by atoms with E-state index in [2.05, 4.69) is 5.32 Å². The maximum absolute atomic E-state index is 11.7. The molecule has 0 spiro atoms. The fourth-order valence-electron chi connectivity index (χ4n) is 1.67. The molecule has 5 heteroatoms. The summed E-state index contributed by atoms with van der Waals surface area (Å²) in [4.78, 5) is 23.4. The van der Waals surface area contributed by atoms with E-state index < -0.39 is 11.9 Å². The van der Waals surface area contributed by atoms with Crippen molar-refractivity contribution in [2.45, 2.75) is 11.3 Å². The molecule has 2 N–H and O–H groups in total. The number of carbonyl (C=O) groups is 2. The molecule has 2 atom stereocenters. The SMILES string of the molecule is CSc1ccc(NC(=O)[C@@H]2C[C@@H]2C(=O)O)cc1. The maximum atomic E-state index is 11.7. The van der Waals surface area contributed by atoms with Crippen molar-refractivity contribution in [1.29, 1.82) is 0 Å². The van der Waals surface area contributed by atoms with Crippen LogP contribution in [-0.4, -0.2) is 23.2 Å². The van der Waals surface area contributed by atoms with Crippen LogP contribution in [0.25, 0.3) is 0 Å². The highest BCUT2D eigenvalue weighted by Crippen LogP contribution is 2.39. The number of carboxylic acid groups (broad SMARTS) is 1. The van der Waals surface area contributed by atoms with Crippen molar-refractivity contribution in [3.63, 3.8) is 0 Å². The van der Waals surface area contributed by atoms with Crippen LogP contribution in [0.15, 0.2) is 29.2 Å². The monoisotopic (exact) mass is 251 g/mol. The molecule has 0 radical (unpaired) electrons. The number of hydrogen-bond donors (Lipinski definition) is 2. The topological polar surface area (TPSA) is 66.4 Å². The second-order valence-corrected chi connectivity index (χ2v) is 4.88. The number of amides is 1. The number of thioether (sulfide) groups is 1. The Morgan fingerprint density at radius 2 is 1.94 bits per heavy atom. The largest absolute Gasteiger partial charge is 0.481 e. The average molecular weight is 251 g/mol. The first-order valence-electron chi connectivity index (χ1n) is 5.29. The molecule has 1 saturated carbocycles. The summed E-state index contributed by atoms with van der Waals surface area (Å²) in [5, 5.41) is 11.5. The molecule has 0 aromatic heterocycles. The van der Waals surface area contributed by atoms with Gasteiger partial charge >= 0.3 is 5.97 Å². The zero-order valence-electron chi connectivity index (χ0n) is 9.34. The number of anilines is 1. The van der Waals surface area contributed by atoms with Gasteiger partial charge in [0.2, 0.25) is 5.91 Å². The van der Waals surface area contributed by atoms with E-state index in [1.54, 1.807) is 11.8 Å². The van der Waals surface area contributed by atoms with E-state index in [4.69, 9.17) is 5.11 Å². The predicted molar refractivity (Wildman–Crippen MR) is 66.1 cm³/mol. The van der Waals surface area contributed by atoms with Crippen molar-refractivity contribution in [2.75, 3.05) is 11.6 Å². The fourth-order valence-corrected chi connectivity index (χ4v) is 2.08. The Balaban J connectivity index is 1.93. The van der Waals surface area contributed by atoms with Gasteiger partial charge in [-0.2, -0.15) is 0 Å². The van der Waals surface area contributed by atoms with Gasteiger partial charge in [0.15, 0.2) is 0 Å². The lowest BCUT2D eigenvalue weighted by Gasteiger charge is -2.04. The lowest BCUT2D eigenvalue weighted by Crippen LogP contribution is -2.16. The predicted octanol–water partition coefficient (Wildman–Crippen LogP) is 2.07. The Kier molecular flexibility index (Phi) is 3.38. The van der Waals surface area contributed by atoms with Crippen molar-refractivity contribution in [1.82, 2.24) is 0 Å². The highest BCUT2D eigenvalue weighted by atomic mass is 32.2. The third kappa shape index (κ3) is 2.79. The van der Waals surface area contributed by atoms with E-state index in [1.807, 2.05) is 30.5 Å². The molecule has 1 aliphatic carbocycles. The van der Waals surface area contributed by atoms with Crippen LogP contribution in [0, 0.1) is 11.8 Å². The van der Waals surface area contributed by atoms with Crippen LogP contribution < -0.4 is 5.32 Å². The number of carbonyl (C=O) groups excluding carboxylic acids is 1. The Hall–Kier alpha value is -1.49. The standard InChI is InChI=1S/C12H13NO3S/c1-17-8-4-2-7(3-5-8)13-11(14)9-6-10(9)12(15)16/h2-5,9-10H,6H2,1H3,(H,13,14)(H,15,16)/t9-,10+/m1/s1. The molecule has 1 amide bonds. The first kappa shape index (κ1) is 12.0. The van der Waals surface area contributed by atoms with Crippen LogP contribution in [-0.2, 0) is 9.59 Å². The summed E-state index contributed by atoms with van der Waals surface area (Å²) in [5.74, 6) is -1.95. The first-order chi connectivity index (χ1) is 8.11. The summed E-state index contributed by atoms with van der Waals surface area (Å²) in [6, 6.07) is 7.48. The van der Waals surface area contributed by atoms with Crippen molar-refractivity contribution >= 4 is 29.3 Å². The minimum absolute atomic E-state index is 0.200. The van der Waals surface area contributed by atoms with Gasteiger partial charge in [0.05, 0.1) is 11.8 Å². The molecule has 0 aliphatic heterocycles. The molecular weight excluding hydrogens is 238 g/mol. The van der Waals surface area contributed by atoms with Gasteiger partial charge in [-0.15, -0.1) is 11.8 Å². The van der Waals surface area contributed by atoms with E-state index in [-0.39, 0.29) is 11.8 Å². The third-order valence-corrected chi connectivity index (χ3v) is 3.55. The highest BCUT2D eigenvalue weighted by molar-refractivity contribution is 7.98. The molecule has 1 aromatic rings. The molecule has 1 aromatic carbocycles. The number of benzene rings is 1. The van der Waals surface area contributed by atoms with Gasteiger partial charge in [0.1, 0.15) is 0 Å². The average Bonchev–Trinajstić information content (AvgIpc) is 3.10. The number of carboxylic acids is 1. The van der Waals surface area contributed by atoms with Crippen molar-refractivity contribution < 1.29 is 14.7 Å². The van der Waals surface area contributed by atoms with E-state index in [1.165, 1.54) is 0 Å². The lowest BCUT2D eigenvalue weighted by molar-refractivity contribution is -0.139. The van der Waals surface area contributed by atoms with Gasteiger partial charge in [0, 0.05) is 10.6 Å². The Bertz CT molecular complexity index is 444. The first-order valence-corrected chi connectivity index (χ1v) is 6.52. The van der Waals surface area contributed by atoms with E-state index in [0.29, 0.717) is 12.1 Å². The zero-order valence-corrected chi connectivity index (χ0v) is 10.2. The maximum Gasteiger partial charge on any atom is 0.307 e. The second-order valence-electron chi connectivity index (χ2n) is 4.00. The Morgan fingerprint density at radius 3 is 2.41 bits per heavy atom. The molecule has 2 rings (SSSR count). The molecule has 0 unspecified atom stereocenters. The number of hydrogen-bond acceptors (Lipinski definition) is 3. The summed E-state index contributed by atoms with van der Waals surface area (Å²) in [6.45, 7) is 0. The summed E-state index contributed by atoms with van der Waals surface area (Å²) in [5.41, 5.74) is 0.712. The van der Waals surface area contributed by atoms with Gasteiger partial charge in [-0.3, -0.25) is 9.59 Å². The molecule has 17 heavy (non-hydrogen) atoms. The quantitative estimate of drug-likeness (QED) is 0.804. The van der Waals surface area contributed by atoms with Gasteiger partial charge in [0.25, 0.3) is 0 Å². The van der Waals surface area contributed by atoms with E-state index >= 15 is 0 Å². The molecule has 0 bridgehead atoms. The molecule has 0 saturated heterocycles. The lowest BCUT2D eigenvalue weighted by atomic mass is 10.2. The van der Waals surface area contributed by atoms with Gasteiger partial charge in [-0.05, 0) is 36.9 Å². The van der Waals surface area contributed by atoms with Gasteiger partial charge in [-0.1, -0.05) is 0 Å². The number of aliphatic carboxylic acids is 1. The highest BCUT2D eigenvalue weighted by Gasteiger charge is 2.48. The van der Waals surface area contributed by atoms with Crippen molar-refractivity contribution in [3.8, 4) is 0 Å². The van der Waals surface area contributed by atoms with Crippen LogP contribution in [0.2, 0.25) is 0 Å². The minimum Gasteiger partial charge on any atom is -0.481 e. The van der Waals surface area contributed by atoms with Crippen molar-refractivity contribution in [3.05, 3.63) is 24.3 Å². The normalized spacial score (nSPS) is 21.9. The molecule has 1 aliphatic rings.